The minimum atomic E-state index is -0.0478. The Morgan fingerprint density at radius 1 is 1.57 bits per heavy atom. The number of carbonyl (C=O) groups excluding carboxylic acids is 1. The summed E-state index contributed by atoms with van der Waals surface area (Å²) in [5.74, 6) is 1.44. The highest BCUT2D eigenvalue weighted by molar-refractivity contribution is 9.11. The Hall–Kier alpha value is -0.750. The molecule has 3 rings (SSSR count). The monoisotopic (exact) mass is 373 g/mol. The average Bonchev–Trinajstić information content (AvgIpc) is 2.77. The molecule has 1 aromatic heterocycles. The predicted molar refractivity (Wildman–Crippen MR) is 87.2 cm³/mol. The van der Waals surface area contributed by atoms with E-state index in [9.17, 15) is 4.79 Å². The zero-order valence-electron chi connectivity index (χ0n) is 12.1. The summed E-state index contributed by atoms with van der Waals surface area (Å²) in [6.45, 7) is 1.54. The van der Waals surface area contributed by atoms with Crippen molar-refractivity contribution >= 4 is 38.9 Å². The van der Waals surface area contributed by atoms with Crippen molar-refractivity contribution in [3.8, 4) is 5.75 Å². The summed E-state index contributed by atoms with van der Waals surface area (Å²) in [6.07, 6.45) is 5.32. The zero-order chi connectivity index (χ0) is 14.8. The van der Waals surface area contributed by atoms with E-state index in [1.807, 2.05) is 0 Å². The van der Waals surface area contributed by atoms with Crippen molar-refractivity contribution in [3.63, 3.8) is 0 Å². The smallest absolute Gasteiger partial charge is 0.308 e. The van der Waals surface area contributed by atoms with Crippen LogP contribution in [0.1, 0.15) is 30.6 Å². The standard InChI is InChI=1S/C15H20BrNO3S/c1-19-15(18)10(9-3-2-4-9)5-6-11-12-13(14(16)21-11)20-8-7-17-12/h9-10,17H,2-8H2,1H3/t10-/m0/s1. The van der Waals surface area contributed by atoms with Crippen LogP contribution >= 0.6 is 27.3 Å². The Kier molecular flexibility index (Phi) is 4.74. The summed E-state index contributed by atoms with van der Waals surface area (Å²) in [5, 5.41) is 3.42. The van der Waals surface area contributed by atoms with Gasteiger partial charge in [-0.2, -0.15) is 0 Å². The van der Waals surface area contributed by atoms with Crippen molar-refractivity contribution in [2.45, 2.75) is 32.1 Å². The summed E-state index contributed by atoms with van der Waals surface area (Å²) in [7, 11) is 1.49. The van der Waals surface area contributed by atoms with Crippen LogP contribution in [0.2, 0.25) is 0 Å². The number of thiophene rings is 1. The predicted octanol–water partition coefficient (Wildman–Crippen LogP) is 3.84. The Bertz CT molecular complexity index is 527. The molecule has 2 aliphatic rings. The van der Waals surface area contributed by atoms with E-state index in [0.29, 0.717) is 12.5 Å². The topological polar surface area (TPSA) is 47.6 Å². The van der Waals surface area contributed by atoms with Crippen LogP contribution in [0, 0.1) is 11.8 Å². The molecule has 0 amide bonds. The Morgan fingerprint density at radius 3 is 3.05 bits per heavy atom. The molecule has 1 saturated carbocycles. The minimum Gasteiger partial charge on any atom is -0.487 e. The van der Waals surface area contributed by atoms with E-state index in [1.165, 1.54) is 18.4 Å². The first-order chi connectivity index (χ1) is 10.2. The quantitative estimate of drug-likeness (QED) is 0.796. The molecular weight excluding hydrogens is 354 g/mol. The number of aryl methyl sites for hydroxylation is 1. The number of hydrogen-bond acceptors (Lipinski definition) is 5. The van der Waals surface area contributed by atoms with Gasteiger partial charge < -0.3 is 14.8 Å². The first-order valence-corrected chi connectivity index (χ1v) is 9.07. The molecule has 0 aromatic carbocycles. The lowest BCUT2D eigenvalue weighted by molar-refractivity contribution is -0.149. The van der Waals surface area contributed by atoms with Gasteiger partial charge in [0.15, 0.2) is 5.75 Å². The van der Waals surface area contributed by atoms with Crippen molar-refractivity contribution in [3.05, 3.63) is 8.66 Å². The molecule has 0 bridgehead atoms. The number of hydrogen-bond donors (Lipinski definition) is 1. The van der Waals surface area contributed by atoms with Gasteiger partial charge in [0.05, 0.1) is 18.7 Å². The molecule has 2 heterocycles. The molecule has 1 aliphatic heterocycles. The zero-order valence-corrected chi connectivity index (χ0v) is 14.5. The lowest BCUT2D eigenvalue weighted by atomic mass is 9.74. The van der Waals surface area contributed by atoms with Crippen LogP contribution in [-0.4, -0.2) is 26.2 Å². The highest BCUT2D eigenvalue weighted by atomic mass is 79.9. The molecule has 1 N–H and O–H groups in total. The second-order valence-electron chi connectivity index (χ2n) is 5.64. The third-order valence-corrected chi connectivity index (χ3v) is 6.32. The highest BCUT2D eigenvalue weighted by Gasteiger charge is 2.33. The maximum atomic E-state index is 12.0. The lowest BCUT2D eigenvalue weighted by Gasteiger charge is -2.32. The van der Waals surface area contributed by atoms with Gasteiger partial charge in [-0.3, -0.25) is 4.79 Å². The number of nitrogens with one attached hydrogen (secondary N) is 1. The molecule has 1 fully saturated rings. The second kappa shape index (κ2) is 6.57. The van der Waals surface area contributed by atoms with E-state index in [0.717, 1.165) is 47.5 Å². The highest BCUT2D eigenvalue weighted by Crippen LogP contribution is 2.46. The van der Waals surface area contributed by atoms with Crippen molar-refractivity contribution in [2.75, 3.05) is 25.6 Å². The molecule has 1 aliphatic carbocycles. The maximum absolute atomic E-state index is 12.0. The fourth-order valence-corrected chi connectivity index (χ4v) is 4.93. The van der Waals surface area contributed by atoms with Gasteiger partial charge in [0, 0.05) is 11.4 Å². The summed E-state index contributed by atoms with van der Waals surface area (Å²) in [4.78, 5) is 13.3. The first kappa shape index (κ1) is 15.2. The van der Waals surface area contributed by atoms with Crippen molar-refractivity contribution in [1.29, 1.82) is 0 Å². The van der Waals surface area contributed by atoms with Gasteiger partial charge in [0.25, 0.3) is 0 Å². The molecule has 0 unspecified atom stereocenters. The summed E-state index contributed by atoms with van der Waals surface area (Å²) < 4.78 is 11.7. The van der Waals surface area contributed by atoms with Gasteiger partial charge in [-0.25, -0.2) is 0 Å². The van der Waals surface area contributed by atoms with E-state index >= 15 is 0 Å². The number of fused-ring (bicyclic) bond motifs is 1. The molecule has 0 radical (unpaired) electrons. The van der Waals surface area contributed by atoms with E-state index in [2.05, 4.69) is 21.2 Å². The fraction of sp³-hybridized carbons (Fsp3) is 0.667. The minimum absolute atomic E-state index is 0.0461. The molecule has 4 nitrogen and oxygen atoms in total. The van der Waals surface area contributed by atoms with Gasteiger partial charge in [0.1, 0.15) is 10.4 Å². The van der Waals surface area contributed by atoms with Crippen molar-refractivity contribution < 1.29 is 14.3 Å². The van der Waals surface area contributed by atoms with Crippen molar-refractivity contribution in [1.82, 2.24) is 0 Å². The number of halogens is 1. The molecule has 1 aromatic rings. The van der Waals surface area contributed by atoms with Gasteiger partial charge in [-0.05, 0) is 47.5 Å². The average molecular weight is 374 g/mol. The number of esters is 1. The number of anilines is 1. The van der Waals surface area contributed by atoms with Crippen LogP contribution in [0.15, 0.2) is 3.79 Å². The fourth-order valence-electron chi connectivity index (χ4n) is 3.07. The van der Waals surface area contributed by atoms with Gasteiger partial charge >= 0.3 is 5.97 Å². The number of rotatable bonds is 5. The van der Waals surface area contributed by atoms with Gasteiger partial charge in [0.2, 0.25) is 0 Å². The Morgan fingerprint density at radius 2 is 2.38 bits per heavy atom. The molecule has 0 spiro atoms. The molecule has 1 atom stereocenters. The number of methoxy groups -OCH3 is 1. The number of carbonyl (C=O) groups is 1. The van der Waals surface area contributed by atoms with Crippen LogP contribution in [0.3, 0.4) is 0 Å². The van der Waals surface area contributed by atoms with Crippen LogP contribution in [-0.2, 0) is 16.0 Å². The van der Waals surface area contributed by atoms with E-state index in [4.69, 9.17) is 9.47 Å². The summed E-state index contributed by atoms with van der Waals surface area (Å²) in [5.41, 5.74) is 1.11. The second-order valence-corrected chi connectivity index (χ2v) is 8.06. The third kappa shape index (κ3) is 3.06. The van der Waals surface area contributed by atoms with E-state index in [-0.39, 0.29) is 11.9 Å². The van der Waals surface area contributed by atoms with E-state index < -0.39 is 0 Å². The van der Waals surface area contributed by atoms with Crippen LogP contribution < -0.4 is 10.1 Å². The van der Waals surface area contributed by atoms with Crippen LogP contribution in [0.4, 0.5) is 5.69 Å². The summed E-state index contributed by atoms with van der Waals surface area (Å²) in [6, 6.07) is 0. The molecular formula is C15H20BrNO3S. The van der Waals surface area contributed by atoms with Gasteiger partial charge in [-0.1, -0.05) is 6.42 Å². The third-order valence-electron chi connectivity index (χ3n) is 4.45. The Balaban J connectivity index is 1.69. The summed E-state index contributed by atoms with van der Waals surface area (Å²) >= 11 is 5.27. The van der Waals surface area contributed by atoms with Crippen LogP contribution in [0.25, 0.3) is 0 Å². The first-order valence-electron chi connectivity index (χ1n) is 7.46. The van der Waals surface area contributed by atoms with Crippen LogP contribution in [0.5, 0.6) is 5.75 Å². The Labute approximate surface area is 137 Å². The van der Waals surface area contributed by atoms with E-state index in [1.54, 1.807) is 11.3 Å². The molecule has 21 heavy (non-hydrogen) atoms. The lowest BCUT2D eigenvalue weighted by Crippen LogP contribution is -2.30. The molecule has 6 heteroatoms. The largest absolute Gasteiger partial charge is 0.487 e. The van der Waals surface area contributed by atoms with Crippen molar-refractivity contribution in [2.24, 2.45) is 11.8 Å². The molecule has 116 valence electrons. The van der Waals surface area contributed by atoms with Gasteiger partial charge in [-0.15, -0.1) is 11.3 Å². The normalized spacial score (nSPS) is 19.0. The molecule has 0 saturated heterocycles. The number of ether oxygens (including phenoxy) is 2. The SMILES string of the molecule is COC(=O)[C@@H](CCc1sc(Br)c2c1NCCO2)C1CCC1. The maximum Gasteiger partial charge on any atom is 0.308 e.